The standard InChI is InChI=1S/C16H14N4/c1-20-16(17-18-19-20)15-10-6-5-9-14(15)12-11-13-7-3-2-4-8-13/h2-12H,1H3. The molecule has 0 saturated heterocycles. The highest BCUT2D eigenvalue weighted by molar-refractivity contribution is 5.78. The lowest BCUT2D eigenvalue weighted by molar-refractivity contribution is 0.714. The van der Waals surface area contributed by atoms with E-state index in [2.05, 4.69) is 45.9 Å². The molecular weight excluding hydrogens is 248 g/mol. The summed E-state index contributed by atoms with van der Waals surface area (Å²) in [5.41, 5.74) is 3.28. The molecule has 0 aliphatic heterocycles. The summed E-state index contributed by atoms with van der Waals surface area (Å²) in [6.45, 7) is 0. The Morgan fingerprint density at radius 3 is 2.40 bits per heavy atom. The molecule has 0 spiro atoms. The first-order chi connectivity index (χ1) is 9.84. The number of rotatable bonds is 3. The van der Waals surface area contributed by atoms with E-state index in [1.807, 2.05) is 43.4 Å². The Labute approximate surface area is 117 Å². The van der Waals surface area contributed by atoms with Crippen LogP contribution in [0.5, 0.6) is 0 Å². The first kappa shape index (κ1) is 12.3. The molecule has 20 heavy (non-hydrogen) atoms. The molecule has 3 rings (SSSR count). The Bertz CT molecular complexity index is 729. The molecule has 4 nitrogen and oxygen atoms in total. The summed E-state index contributed by atoms with van der Waals surface area (Å²) >= 11 is 0. The van der Waals surface area contributed by atoms with Crippen LogP contribution in [0.2, 0.25) is 0 Å². The summed E-state index contributed by atoms with van der Waals surface area (Å²) < 4.78 is 1.68. The number of aryl methyl sites for hydroxylation is 1. The lowest BCUT2D eigenvalue weighted by atomic mass is 10.1. The number of tetrazole rings is 1. The van der Waals surface area contributed by atoms with Crippen LogP contribution >= 0.6 is 0 Å². The number of aromatic nitrogens is 4. The topological polar surface area (TPSA) is 43.6 Å². The first-order valence-corrected chi connectivity index (χ1v) is 6.39. The van der Waals surface area contributed by atoms with Gasteiger partial charge in [-0.05, 0) is 21.6 Å². The Morgan fingerprint density at radius 1 is 0.900 bits per heavy atom. The van der Waals surface area contributed by atoms with Crippen LogP contribution in [0.1, 0.15) is 11.1 Å². The smallest absolute Gasteiger partial charge is 0.182 e. The van der Waals surface area contributed by atoms with E-state index in [1.54, 1.807) is 4.68 Å². The predicted octanol–water partition coefficient (Wildman–Crippen LogP) is 3.05. The molecule has 3 aromatic rings. The van der Waals surface area contributed by atoms with Gasteiger partial charge >= 0.3 is 0 Å². The minimum absolute atomic E-state index is 0.762. The minimum atomic E-state index is 0.762. The molecular formula is C16H14N4. The van der Waals surface area contributed by atoms with E-state index in [-0.39, 0.29) is 0 Å². The van der Waals surface area contributed by atoms with E-state index in [9.17, 15) is 0 Å². The van der Waals surface area contributed by atoms with Crippen LogP contribution in [0.25, 0.3) is 23.5 Å². The lowest BCUT2D eigenvalue weighted by Gasteiger charge is -2.03. The zero-order chi connectivity index (χ0) is 13.8. The molecule has 0 unspecified atom stereocenters. The predicted molar refractivity (Wildman–Crippen MR) is 79.6 cm³/mol. The van der Waals surface area contributed by atoms with Crippen molar-refractivity contribution in [2.24, 2.45) is 7.05 Å². The number of hydrogen-bond acceptors (Lipinski definition) is 3. The number of benzene rings is 2. The molecule has 98 valence electrons. The number of hydrogen-bond donors (Lipinski definition) is 0. The van der Waals surface area contributed by atoms with Gasteiger partial charge in [0.2, 0.25) is 0 Å². The maximum atomic E-state index is 4.07. The fourth-order valence-corrected chi connectivity index (χ4v) is 2.05. The molecule has 0 bridgehead atoms. The molecule has 0 aliphatic carbocycles. The van der Waals surface area contributed by atoms with Crippen molar-refractivity contribution in [3.63, 3.8) is 0 Å². The Hall–Kier alpha value is -2.75. The second-order valence-corrected chi connectivity index (χ2v) is 4.46. The second kappa shape index (κ2) is 5.48. The molecule has 1 aromatic heterocycles. The zero-order valence-corrected chi connectivity index (χ0v) is 11.1. The minimum Gasteiger partial charge on any atom is -0.229 e. The van der Waals surface area contributed by atoms with Crippen molar-refractivity contribution in [3.8, 4) is 11.4 Å². The Morgan fingerprint density at radius 2 is 1.65 bits per heavy atom. The van der Waals surface area contributed by atoms with E-state index in [0.717, 1.165) is 17.0 Å². The molecule has 0 saturated carbocycles. The van der Waals surface area contributed by atoms with Gasteiger partial charge in [-0.3, -0.25) is 0 Å². The third-order valence-corrected chi connectivity index (χ3v) is 3.08. The van der Waals surface area contributed by atoms with Crippen molar-refractivity contribution in [1.82, 2.24) is 20.2 Å². The third-order valence-electron chi connectivity index (χ3n) is 3.08. The Kier molecular flexibility index (Phi) is 3.37. The Balaban J connectivity index is 1.99. The van der Waals surface area contributed by atoms with Crippen LogP contribution in [0.4, 0.5) is 0 Å². The van der Waals surface area contributed by atoms with Crippen molar-refractivity contribution >= 4 is 12.2 Å². The SMILES string of the molecule is Cn1nnnc1-c1ccccc1C=Cc1ccccc1. The molecule has 0 atom stereocenters. The van der Waals surface area contributed by atoms with Crippen LogP contribution in [-0.2, 0) is 7.05 Å². The monoisotopic (exact) mass is 262 g/mol. The fourth-order valence-electron chi connectivity index (χ4n) is 2.05. The molecule has 0 aliphatic rings. The lowest BCUT2D eigenvalue weighted by Crippen LogP contribution is -1.95. The summed E-state index contributed by atoms with van der Waals surface area (Å²) in [5.74, 6) is 0.762. The van der Waals surface area contributed by atoms with Crippen LogP contribution in [0, 0.1) is 0 Å². The maximum absolute atomic E-state index is 4.07. The van der Waals surface area contributed by atoms with Crippen molar-refractivity contribution < 1.29 is 0 Å². The van der Waals surface area contributed by atoms with Gasteiger partial charge in [0, 0.05) is 12.6 Å². The average Bonchev–Trinajstić information content (AvgIpc) is 2.92. The van der Waals surface area contributed by atoms with Gasteiger partial charge < -0.3 is 0 Å². The summed E-state index contributed by atoms with van der Waals surface area (Å²) in [6.07, 6.45) is 4.17. The van der Waals surface area contributed by atoms with Gasteiger partial charge in [-0.1, -0.05) is 66.7 Å². The highest BCUT2D eigenvalue weighted by Crippen LogP contribution is 2.22. The highest BCUT2D eigenvalue weighted by Gasteiger charge is 2.08. The van der Waals surface area contributed by atoms with Gasteiger partial charge in [-0.2, -0.15) is 0 Å². The van der Waals surface area contributed by atoms with Crippen molar-refractivity contribution in [1.29, 1.82) is 0 Å². The average molecular weight is 262 g/mol. The van der Waals surface area contributed by atoms with E-state index >= 15 is 0 Å². The van der Waals surface area contributed by atoms with Gasteiger partial charge in [0.05, 0.1) is 0 Å². The summed E-state index contributed by atoms with van der Waals surface area (Å²) in [6, 6.07) is 18.3. The van der Waals surface area contributed by atoms with Gasteiger partial charge in [0.25, 0.3) is 0 Å². The normalized spacial score (nSPS) is 11.1. The number of nitrogens with zero attached hydrogens (tertiary/aromatic N) is 4. The van der Waals surface area contributed by atoms with Crippen LogP contribution in [0.3, 0.4) is 0 Å². The maximum Gasteiger partial charge on any atom is 0.182 e. The third kappa shape index (κ3) is 2.49. The fraction of sp³-hybridized carbons (Fsp3) is 0.0625. The highest BCUT2D eigenvalue weighted by atomic mass is 15.5. The molecule has 1 heterocycles. The van der Waals surface area contributed by atoms with Gasteiger partial charge in [0.15, 0.2) is 5.82 Å². The van der Waals surface area contributed by atoms with Crippen LogP contribution < -0.4 is 0 Å². The van der Waals surface area contributed by atoms with Gasteiger partial charge in [0.1, 0.15) is 0 Å². The molecule has 0 radical (unpaired) electrons. The quantitative estimate of drug-likeness (QED) is 0.681. The van der Waals surface area contributed by atoms with E-state index < -0.39 is 0 Å². The summed E-state index contributed by atoms with van der Waals surface area (Å²) in [7, 11) is 1.84. The van der Waals surface area contributed by atoms with Gasteiger partial charge in [-0.15, -0.1) is 5.10 Å². The molecule has 4 heteroatoms. The molecule has 0 fully saturated rings. The first-order valence-electron chi connectivity index (χ1n) is 6.39. The second-order valence-electron chi connectivity index (χ2n) is 4.46. The van der Waals surface area contributed by atoms with Gasteiger partial charge in [-0.25, -0.2) is 4.68 Å². The van der Waals surface area contributed by atoms with Crippen LogP contribution in [0.15, 0.2) is 54.6 Å². The molecule has 0 N–H and O–H groups in total. The van der Waals surface area contributed by atoms with Crippen molar-refractivity contribution in [3.05, 3.63) is 65.7 Å². The largest absolute Gasteiger partial charge is 0.229 e. The molecule has 2 aromatic carbocycles. The van der Waals surface area contributed by atoms with Crippen molar-refractivity contribution in [2.75, 3.05) is 0 Å². The van der Waals surface area contributed by atoms with E-state index in [1.165, 1.54) is 5.56 Å². The summed E-state index contributed by atoms with van der Waals surface area (Å²) in [5, 5.41) is 11.6. The van der Waals surface area contributed by atoms with E-state index in [4.69, 9.17) is 0 Å². The van der Waals surface area contributed by atoms with Crippen molar-refractivity contribution in [2.45, 2.75) is 0 Å². The summed E-state index contributed by atoms with van der Waals surface area (Å²) in [4.78, 5) is 0. The van der Waals surface area contributed by atoms with Crippen LogP contribution in [-0.4, -0.2) is 20.2 Å². The zero-order valence-electron chi connectivity index (χ0n) is 11.1. The van der Waals surface area contributed by atoms with E-state index in [0.29, 0.717) is 0 Å². The molecule has 0 amide bonds.